The van der Waals surface area contributed by atoms with Crippen molar-refractivity contribution in [2.75, 3.05) is 0 Å². The van der Waals surface area contributed by atoms with Crippen molar-refractivity contribution in [3.63, 3.8) is 0 Å². The highest BCUT2D eigenvalue weighted by atomic mass is 79.9. The van der Waals surface area contributed by atoms with E-state index in [-0.39, 0.29) is 5.56 Å². The summed E-state index contributed by atoms with van der Waals surface area (Å²) in [5, 5.41) is 6.44. The third-order valence-corrected chi connectivity index (χ3v) is 5.31. The van der Waals surface area contributed by atoms with Gasteiger partial charge in [0.2, 0.25) is 0 Å². The molecule has 0 aliphatic carbocycles. The summed E-state index contributed by atoms with van der Waals surface area (Å²) in [6, 6.07) is 12.3. The molecule has 4 rings (SSSR count). The van der Waals surface area contributed by atoms with Gasteiger partial charge in [-0.1, -0.05) is 18.2 Å². The monoisotopic (exact) mass is 449 g/mol. The number of rotatable bonds is 4. The lowest BCUT2D eigenvalue weighted by Gasteiger charge is -2.06. The Morgan fingerprint density at radius 3 is 2.71 bits per heavy atom. The lowest BCUT2D eigenvalue weighted by molar-refractivity contribution is 0.649. The normalized spacial score (nSPS) is 10.6. The Kier molecular flexibility index (Phi) is 5.10. The second-order valence-electron chi connectivity index (χ2n) is 5.90. The molecule has 0 aliphatic rings. The Morgan fingerprint density at radius 2 is 1.93 bits per heavy atom. The van der Waals surface area contributed by atoms with Gasteiger partial charge in [-0.25, -0.2) is 19.5 Å². The van der Waals surface area contributed by atoms with Gasteiger partial charge in [-0.05, 0) is 39.7 Å². The van der Waals surface area contributed by atoms with Crippen molar-refractivity contribution in [2.45, 2.75) is 6.54 Å². The van der Waals surface area contributed by atoms with E-state index < -0.39 is 0 Å². The molecule has 0 atom stereocenters. The topological polar surface area (TPSA) is 65.0 Å². The highest BCUT2D eigenvalue weighted by molar-refractivity contribution is 9.10. The van der Waals surface area contributed by atoms with E-state index in [4.69, 9.17) is 6.57 Å². The zero-order valence-electron chi connectivity index (χ0n) is 14.4. The molecule has 8 heteroatoms. The van der Waals surface area contributed by atoms with E-state index in [1.807, 2.05) is 23.6 Å². The fraction of sp³-hybridized carbons (Fsp3) is 0.0500. The number of aromatic nitrogens is 4. The van der Waals surface area contributed by atoms with Gasteiger partial charge < -0.3 is 0 Å². The van der Waals surface area contributed by atoms with Crippen LogP contribution in [0.15, 0.2) is 69.5 Å². The van der Waals surface area contributed by atoms with Crippen molar-refractivity contribution in [2.24, 2.45) is 0 Å². The summed E-state index contributed by atoms with van der Waals surface area (Å²) in [7, 11) is 0. The SMILES string of the molecule is [C-]#[N+]c1cccc(-c2ccc(=O)n(Cc3cc(-c4ncc(Br)cn4)cs3)n2)c1. The van der Waals surface area contributed by atoms with Gasteiger partial charge in [0.1, 0.15) is 0 Å². The minimum Gasteiger partial charge on any atom is -0.268 e. The predicted octanol–water partition coefficient (Wildman–Crippen LogP) is 4.79. The molecule has 136 valence electrons. The maximum absolute atomic E-state index is 12.3. The number of nitrogens with zero attached hydrogens (tertiary/aromatic N) is 5. The van der Waals surface area contributed by atoms with Crippen LogP contribution in [0.25, 0.3) is 27.5 Å². The molecule has 0 unspecified atom stereocenters. The van der Waals surface area contributed by atoms with Crippen LogP contribution in [0.5, 0.6) is 0 Å². The standard InChI is InChI=1S/C20H12BrN5OS/c1-22-16-4-2-3-13(7-16)18-5-6-19(27)26(25-18)11-17-8-14(12-28-17)20-23-9-15(21)10-24-20/h2-10,12H,11H2. The van der Waals surface area contributed by atoms with E-state index in [9.17, 15) is 4.79 Å². The maximum Gasteiger partial charge on any atom is 0.267 e. The maximum atomic E-state index is 12.3. The largest absolute Gasteiger partial charge is 0.268 e. The fourth-order valence-electron chi connectivity index (χ4n) is 2.64. The first-order chi connectivity index (χ1) is 13.6. The lowest BCUT2D eigenvalue weighted by Crippen LogP contribution is -2.22. The van der Waals surface area contributed by atoms with Crippen LogP contribution in [0.1, 0.15) is 4.88 Å². The van der Waals surface area contributed by atoms with Crippen molar-refractivity contribution < 1.29 is 0 Å². The Balaban J connectivity index is 1.62. The molecule has 0 saturated heterocycles. The van der Waals surface area contributed by atoms with Crippen LogP contribution in [0.2, 0.25) is 0 Å². The van der Waals surface area contributed by atoms with E-state index in [0.29, 0.717) is 23.8 Å². The fourth-order valence-corrected chi connectivity index (χ4v) is 3.69. The summed E-state index contributed by atoms with van der Waals surface area (Å²) in [4.78, 5) is 25.3. The summed E-state index contributed by atoms with van der Waals surface area (Å²) in [6.07, 6.45) is 3.40. The molecule has 0 fully saturated rings. The van der Waals surface area contributed by atoms with Crippen molar-refractivity contribution in [3.8, 4) is 22.6 Å². The average Bonchev–Trinajstić information content (AvgIpc) is 3.19. The Hall–Kier alpha value is -3.15. The van der Waals surface area contributed by atoms with Crippen LogP contribution in [-0.2, 0) is 6.54 Å². The van der Waals surface area contributed by atoms with E-state index >= 15 is 0 Å². The van der Waals surface area contributed by atoms with Crippen LogP contribution in [-0.4, -0.2) is 19.7 Å². The molecule has 28 heavy (non-hydrogen) atoms. The molecule has 0 radical (unpaired) electrons. The minimum absolute atomic E-state index is 0.181. The molecule has 0 spiro atoms. The van der Waals surface area contributed by atoms with Gasteiger partial charge in [0.15, 0.2) is 11.5 Å². The Morgan fingerprint density at radius 1 is 1.11 bits per heavy atom. The Labute approximate surface area is 173 Å². The number of halogens is 1. The van der Waals surface area contributed by atoms with Crippen molar-refractivity contribution in [3.05, 3.63) is 91.4 Å². The molecule has 0 N–H and O–H groups in total. The van der Waals surface area contributed by atoms with E-state index in [0.717, 1.165) is 20.5 Å². The number of hydrogen-bond acceptors (Lipinski definition) is 5. The molecule has 3 heterocycles. The van der Waals surface area contributed by atoms with Gasteiger partial charge in [-0.15, -0.1) is 11.3 Å². The van der Waals surface area contributed by atoms with Crippen molar-refractivity contribution in [1.82, 2.24) is 19.7 Å². The van der Waals surface area contributed by atoms with Gasteiger partial charge >= 0.3 is 0 Å². The molecule has 0 bridgehead atoms. The molecular formula is C20H12BrN5OS. The van der Waals surface area contributed by atoms with E-state index in [1.165, 1.54) is 22.1 Å². The lowest BCUT2D eigenvalue weighted by atomic mass is 10.1. The molecule has 3 aromatic heterocycles. The summed E-state index contributed by atoms with van der Waals surface area (Å²) in [6.45, 7) is 7.51. The third-order valence-electron chi connectivity index (χ3n) is 3.98. The zero-order chi connectivity index (χ0) is 19.5. The van der Waals surface area contributed by atoms with Gasteiger partial charge in [-0.3, -0.25) is 4.79 Å². The summed E-state index contributed by atoms with van der Waals surface area (Å²) >= 11 is 4.85. The Bertz CT molecular complexity index is 1240. The summed E-state index contributed by atoms with van der Waals surface area (Å²) < 4.78 is 2.25. The molecule has 0 amide bonds. The first-order valence-electron chi connectivity index (χ1n) is 8.24. The van der Waals surface area contributed by atoms with E-state index in [1.54, 1.807) is 30.6 Å². The molecule has 6 nitrogen and oxygen atoms in total. The first-order valence-corrected chi connectivity index (χ1v) is 9.91. The van der Waals surface area contributed by atoms with Crippen LogP contribution >= 0.6 is 27.3 Å². The molecule has 0 saturated carbocycles. The van der Waals surface area contributed by atoms with E-state index in [2.05, 4.69) is 35.8 Å². The van der Waals surface area contributed by atoms with Crippen molar-refractivity contribution in [1.29, 1.82) is 0 Å². The van der Waals surface area contributed by atoms with Crippen LogP contribution in [0, 0.1) is 6.57 Å². The smallest absolute Gasteiger partial charge is 0.267 e. The highest BCUT2D eigenvalue weighted by Crippen LogP contribution is 2.25. The highest BCUT2D eigenvalue weighted by Gasteiger charge is 2.09. The van der Waals surface area contributed by atoms with Gasteiger partial charge in [0, 0.05) is 34.3 Å². The quantitative estimate of drug-likeness (QED) is 0.420. The van der Waals surface area contributed by atoms with Crippen LogP contribution in [0.4, 0.5) is 5.69 Å². The summed E-state index contributed by atoms with van der Waals surface area (Å²) in [5.74, 6) is 0.635. The van der Waals surface area contributed by atoms with Gasteiger partial charge in [-0.2, -0.15) is 5.10 Å². The summed E-state index contributed by atoms with van der Waals surface area (Å²) in [5.41, 5.74) is 2.71. The van der Waals surface area contributed by atoms with Crippen LogP contribution in [0.3, 0.4) is 0 Å². The first kappa shape index (κ1) is 18.2. The number of thiophene rings is 1. The molecule has 4 aromatic rings. The zero-order valence-corrected chi connectivity index (χ0v) is 16.8. The van der Waals surface area contributed by atoms with Crippen molar-refractivity contribution >= 4 is 33.0 Å². The molecule has 0 aliphatic heterocycles. The second kappa shape index (κ2) is 7.84. The van der Waals surface area contributed by atoms with Gasteiger partial charge in [0.05, 0.1) is 23.3 Å². The van der Waals surface area contributed by atoms with Crippen LogP contribution < -0.4 is 5.56 Å². The second-order valence-corrected chi connectivity index (χ2v) is 7.81. The minimum atomic E-state index is -0.181. The average molecular weight is 450 g/mol. The molecule has 1 aromatic carbocycles. The third kappa shape index (κ3) is 3.91. The predicted molar refractivity (Wildman–Crippen MR) is 112 cm³/mol. The van der Waals surface area contributed by atoms with Gasteiger partial charge in [0.25, 0.3) is 5.56 Å². The number of hydrogen-bond donors (Lipinski definition) is 0. The molecular weight excluding hydrogens is 438 g/mol. The number of benzene rings is 1.